The summed E-state index contributed by atoms with van der Waals surface area (Å²) in [6, 6.07) is 0.756. The zero-order valence-electron chi connectivity index (χ0n) is 8.32. The van der Waals surface area contributed by atoms with Crippen molar-refractivity contribution in [3.63, 3.8) is 0 Å². The second-order valence-corrected chi connectivity index (χ2v) is 2.82. The molecule has 0 atom stereocenters. The van der Waals surface area contributed by atoms with Crippen LogP contribution in [0.2, 0.25) is 0 Å². The van der Waals surface area contributed by atoms with E-state index in [0.717, 1.165) is 6.04 Å². The van der Waals surface area contributed by atoms with Gasteiger partial charge in [0, 0.05) is 6.04 Å². The largest absolute Gasteiger partial charge is 0.344 e. The third-order valence-electron chi connectivity index (χ3n) is 1.95. The Bertz CT molecular complexity index is 60.6. The van der Waals surface area contributed by atoms with E-state index in [1.54, 1.807) is 0 Å². The summed E-state index contributed by atoms with van der Waals surface area (Å²) in [5.74, 6) is 0. The predicted molar refractivity (Wildman–Crippen MR) is 52.3 cm³/mol. The van der Waals surface area contributed by atoms with E-state index in [4.69, 9.17) is 0 Å². The minimum Gasteiger partial charge on any atom is -0.344 e. The van der Waals surface area contributed by atoms with Crippen molar-refractivity contribution in [1.29, 1.82) is 0 Å². The molecule has 2 nitrogen and oxygen atoms in total. The molecule has 0 saturated carbocycles. The maximum absolute atomic E-state index is 3.52. The summed E-state index contributed by atoms with van der Waals surface area (Å²) >= 11 is 0. The van der Waals surface area contributed by atoms with Crippen molar-refractivity contribution in [2.45, 2.75) is 52.5 Å². The Morgan fingerprint density at radius 2 is 1.64 bits per heavy atom. The van der Waals surface area contributed by atoms with Gasteiger partial charge in [0.15, 0.2) is 0 Å². The van der Waals surface area contributed by atoms with Crippen LogP contribution in [-0.2, 0) is 0 Å². The highest BCUT2D eigenvalue weighted by Gasteiger charge is 1.98. The molecular weight excluding hydrogens is 136 g/mol. The number of nitrogens with one attached hydrogen (secondary N) is 1. The first-order valence-corrected chi connectivity index (χ1v) is 4.58. The molecule has 2 heteroatoms. The second kappa shape index (κ2) is 9.92. The summed E-state index contributed by atoms with van der Waals surface area (Å²) < 4.78 is 0. The predicted octanol–water partition coefficient (Wildman–Crippen LogP) is 2.73. The highest BCUT2D eigenvalue weighted by atomic mass is 14.9. The van der Waals surface area contributed by atoms with E-state index in [2.05, 4.69) is 26.1 Å². The molecule has 0 unspecified atom stereocenters. The number of unbranched alkanes of at least 4 members (excludes halogenated alkanes) is 1. The van der Waals surface area contributed by atoms with Crippen molar-refractivity contribution in [3.8, 4) is 0 Å². The Balaban J connectivity index is 0. The van der Waals surface area contributed by atoms with E-state index in [-0.39, 0.29) is 6.15 Å². The smallest absolute Gasteiger partial charge is 0.00618 e. The molecule has 0 aliphatic heterocycles. The highest BCUT2D eigenvalue weighted by Crippen LogP contribution is 1.96. The first-order chi connectivity index (χ1) is 4.85. The van der Waals surface area contributed by atoms with Gasteiger partial charge in [-0.3, -0.25) is 0 Å². The van der Waals surface area contributed by atoms with Crippen LogP contribution in [0.4, 0.5) is 0 Å². The lowest BCUT2D eigenvalue weighted by atomic mass is 10.1. The maximum Gasteiger partial charge on any atom is 0.00618 e. The monoisotopic (exact) mass is 160 g/mol. The summed E-state index contributed by atoms with van der Waals surface area (Å²) in [6.07, 6.45) is 5.14. The molecule has 0 aromatic heterocycles. The van der Waals surface area contributed by atoms with Crippen molar-refractivity contribution in [3.05, 3.63) is 0 Å². The molecule has 0 amide bonds. The lowest BCUT2D eigenvalue weighted by Gasteiger charge is -2.13. The molecule has 0 heterocycles. The van der Waals surface area contributed by atoms with Crippen LogP contribution in [-0.4, -0.2) is 12.6 Å². The summed E-state index contributed by atoms with van der Waals surface area (Å²) in [4.78, 5) is 0. The van der Waals surface area contributed by atoms with Crippen molar-refractivity contribution in [2.75, 3.05) is 6.54 Å². The highest BCUT2D eigenvalue weighted by molar-refractivity contribution is 4.61. The Hall–Kier alpha value is -0.0800. The normalized spacial score (nSPS) is 9.82. The third-order valence-corrected chi connectivity index (χ3v) is 1.95. The number of hydrogen-bond acceptors (Lipinski definition) is 2. The molecule has 0 spiro atoms. The molecule has 0 fully saturated rings. The van der Waals surface area contributed by atoms with E-state index in [9.17, 15) is 0 Å². The van der Waals surface area contributed by atoms with Crippen LogP contribution in [0.15, 0.2) is 0 Å². The Morgan fingerprint density at radius 1 is 1.09 bits per heavy atom. The van der Waals surface area contributed by atoms with Gasteiger partial charge in [-0.2, -0.15) is 0 Å². The van der Waals surface area contributed by atoms with Crippen molar-refractivity contribution in [1.82, 2.24) is 11.5 Å². The Morgan fingerprint density at radius 3 is 2.00 bits per heavy atom. The average molecular weight is 160 g/mol. The lowest BCUT2D eigenvalue weighted by molar-refractivity contribution is 0.477. The van der Waals surface area contributed by atoms with E-state index < -0.39 is 0 Å². The van der Waals surface area contributed by atoms with E-state index in [1.807, 2.05) is 0 Å². The second-order valence-electron chi connectivity index (χ2n) is 2.82. The molecule has 0 aliphatic carbocycles. The molecule has 0 aliphatic rings. The fraction of sp³-hybridized carbons (Fsp3) is 1.00. The molecule has 0 bridgehead atoms. The van der Waals surface area contributed by atoms with Gasteiger partial charge in [-0.05, 0) is 25.8 Å². The number of rotatable bonds is 6. The van der Waals surface area contributed by atoms with E-state index in [1.165, 1.54) is 32.2 Å². The summed E-state index contributed by atoms with van der Waals surface area (Å²) in [5, 5.41) is 3.52. The van der Waals surface area contributed by atoms with Gasteiger partial charge in [-0.1, -0.05) is 27.2 Å². The molecule has 0 aromatic carbocycles. The zero-order chi connectivity index (χ0) is 7.82. The van der Waals surface area contributed by atoms with Gasteiger partial charge in [0.1, 0.15) is 0 Å². The Kier molecular flexibility index (Phi) is 12.2. The molecule has 70 valence electrons. The molecule has 0 saturated heterocycles. The molecule has 0 radical (unpaired) electrons. The number of hydrogen-bond donors (Lipinski definition) is 2. The molecule has 4 N–H and O–H groups in total. The summed E-state index contributed by atoms with van der Waals surface area (Å²) in [6.45, 7) is 7.91. The fourth-order valence-electron chi connectivity index (χ4n) is 1.06. The van der Waals surface area contributed by atoms with Gasteiger partial charge in [-0.25, -0.2) is 0 Å². The van der Waals surface area contributed by atoms with Gasteiger partial charge in [-0.15, -0.1) is 0 Å². The van der Waals surface area contributed by atoms with Crippen LogP contribution < -0.4 is 11.5 Å². The van der Waals surface area contributed by atoms with E-state index in [0.29, 0.717) is 0 Å². The quantitative estimate of drug-likeness (QED) is 0.587. The standard InChI is InChI=1S/C9H21N.H3N/c1-4-7-8-10-9(5-2)6-3;/h9-10H,4-8H2,1-3H3;1H3. The fourth-order valence-corrected chi connectivity index (χ4v) is 1.06. The van der Waals surface area contributed by atoms with Crippen molar-refractivity contribution >= 4 is 0 Å². The van der Waals surface area contributed by atoms with Crippen LogP contribution >= 0.6 is 0 Å². The van der Waals surface area contributed by atoms with Crippen molar-refractivity contribution in [2.24, 2.45) is 0 Å². The van der Waals surface area contributed by atoms with Crippen LogP contribution in [0.25, 0.3) is 0 Å². The topological polar surface area (TPSA) is 47.0 Å². The minimum absolute atomic E-state index is 0. The molecule has 0 rings (SSSR count). The molecule has 11 heavy (non-hydrogen) atoms. The van der Waals surface area contributed by atoms with E-state index >= 15 is 0 Å². The first-order valence-electron chi connectivity index (χ1n) is 4.58. The van der Waals surface area contributed by atoms with Crippen LogP contribution in [0.3, 0.4) is 0 Å². The zero-order valence-corrected chi connectivity index (χ0v) is 8.32. The van der Waals surface area contributed by atoms with Gasteiger partial charge in [0.25, 0.3) is 0 Å². The molecule has 0 aromatic rings. The molecular formula is C9H24N2. The van der Waals surface area contributed by atoms with Gasteiger partial charge >= 0.3 is 0 Å². The van der Waals surface area contributed by atoms with Crippen molar-refractivity contribution < 1.29 is 0 Å². The first kappa shape index (κ1) is 13.5. The SMILES string of the molecule is CCCCNC(CC)CC.N. The Labute approximate surface area is 71.3 Å². The third kappa shape index (κ3) is 7.82. The lowest BCUT2D eigenvalue weighted by Crippen LogP contribution is -2.28. The van der Waals surface area contributed by atoms with Gasteiger partial charge < -0.3 is 11.5 Å². The summed E-state index contributed by atoms with van der Waals surface area (Å²) in [7, 11) is 0. The average Bonchev–Trinajstić information content (AvgIpc) is 1.99. The summed E-state index contributed by atoms with van der Waals surface area (Å²) in [5.41, 5.74) is 0. The van der Waals surface area contributed by atoms with Crippen LogP contribution in [0, 0.1) is 0 Å². The van der Waals surface area contributed by atoms with Crippen LogP contribution in [0.1, 0.15) is 46.5 Å². The van der Waals surface area contributed by atoms with Gasteiger partial charge in [0.05, 0.1) is 0 Å². The van der Waals surface area contributed by atoms with Crippen LogP contribution in [0.5, 0.6) is 0 Å². The maximum atomic E-state index is 3.52. The minimum atomic E-state index is 0. The van der Waals surface area contributed by atoms with Gasteiger partial charge in [0.2, 0.25) is 0 Å².